The molecule has 2 heterocycles. The van der Waals surface area contributed by atoms with Crippen LogP contribution >= 0.6 is 11.8 Å². The summed E-state index contributed by atoms with van der Waals surface area (Å²) in [5.74, 6) is 8.41. The molecule has 17 heavy (non-hydrogen) atoms. The highest BCUT2D eigenvalue weighted by molar-refractivity contribution is 8.00. The molecule has 3 N–H and O–H groups in total. The van der Waals surface area contributed by atoms with Crippen molar-refractivity contribution in [3.8, 4) is 0 Å². The molecular formula is C11H19N5S. The summed E-state index contributed by atoms with van der Waals surface area (Å²) >= 11 is 2.01. The molecule has 1 atom stereocenters. The van der Waals surface area contributed by atoms with E-state index in [1.165, 1.54) is 0 Å². The first-order chi connectivity index (χ1) is 8.26. The number of hydrogen-bond acceptors (Lipinski definition) is 6. The van der Waals surface area contributed by atoms with E-state index in [9.17, 15) is 0 Å². The molecule has 0 saturated carbocycles. The molecule has 1 unspecified atom stereocenters. The molecule has 94 valence electrons. The number of nitrogens with zero attached hydrogens (tertiary/aromatic N) is 3. The molecule has 0 amide bonds. The number of aromatic nitrogens is 2. The van der Waals surface area contributed by atoms with Crippen LogP contribution in [-0.2, 0) is 6.42 Å². The molecule has 2 rings (SSSR count). The molecule has 1 saturated heterocycles. The van der Waals surface area contributed by atoms with Gasteiger partial charge in [-0.2, -0.15) is 11.8 Å². The van der Waals surface area contributed by atoms with E-state index in [0.29, 0.717) is 5.25 Å². The Bertz CT molecular complexity index is 384. The Hall–Kier alpha value is -1.01. The third-order valence-electron chi connectivity index (χ3n) is 2.95. The van der Waals surface area contributed by atoms with Crippen molar-refractivity contribution in [2.75, 3.05) is 29.2 Å². The average molecular weight is 253 g/mol. The fourth-order valence-corrected chi connectivity index (χ4v) is 3.15. The van der Waals surface area contributed by atoms with Crippen molar-refractivity contribution in [3.05, 3.63) is 11.9 Å². The third-order valence-corrected chi connectivity index (χ3v) is 4.09. The van der Waals surface area contributed by atoms with E-state index in [-0.39, 0.29) is 0 Å². The summed E-state index contributed by atoms with van der Waals surface area (Å²) in [6.07, 6.45) is 2.46. The quantitative estimate of drug-likeness (QED) is 0.624. The Kier molecular flexibility index (Phi) is 4.06. The monoisotopic (exact) mass is 253 g/mol. The summed E-state index contributed by atoms with van der Waals surface area (Å²) in [6, 6.07) is 0. The molecule has 1 aliphatic heterocycles. The van der Waals surface area contributed by atoms with E-state index < -0.39 is 0 Å². The molecule has 1 aromatic rings. The second-order valence-electron chi connectivity index (χ2n) is 4.15. The highest BCUT2D eigenvalue weighted by Gasteiger charge is 2.21. The van der Waals surface area contributed by atoms with E-state index in [0.717, 1.165) is 42.5 Å². The van der Waals surface area contributed by atoms with Crippen LogP contribution in [0.3, 0.4) is 0 Å². The molecule has 1 aromatic heterocycles. The SMILES string of the molecule is CCc1c(NN)ncnc1N1CCSC(C)C1. The molecule has 0 aliphatic carbocycles. The number of rotatable bonds is 3. The first-order valence-electron chi connectivity index (χ1n) is 5.93. The summed E-state index contributed by atoms with van der Waals surface area (Å²) in [6.45, 7) is 6.44. The van der Waals surface area contributed by atoms with Crippen molar-refractivity contribution in [3.63, 3.8) is 0 Å². The second-order valence-corrected chi connectivity index (χ2v) is 5.70. The van der Waals surface area contributed by atoms with Crippen LogP contribution in [0.15, 0.2) is 6.33 Å². The minimum Gasteiger partial charge on any atom is -0.354 e. The first-order valence-corrected chi connectivity index (χ1v) is 6.98. The maximum absolute atomic E-state index is 5.49. The summed E-state index contributed by atoms with van der Waals surface area (Å²) in [5.41, 5.74) is 3.76. The van der Waals surface area contributed by atoms with Crippen LogP contribution in [-0.4, -0.2) is 34.1 Å². The lowest BCUT2D eigenvalue weighted by molar-refractivity contribution is 0.760. The Balaban J connectivity index is 2.30. The lowest BCUT2D eigenvalue weighted by Crippen LogP contribution is -2.38. The van der Waals surface area contributed by atoms with E-state index in [4.69, 9.17) is 5.84 Å². The molecule has 0 spiro atoms. The fraction of sp³-hybridized carbons (Fsp3) is 0.636. The topological polar surface area (TPSA) is 67.1 Å². The van der Waals surface area contributed by atoms with Crippen LogP contribution in [0.1, 0.15) is 19.4 Å². The van der Waals surface area contributed by atoms with Gasteiger partial charge < -0.3 is 10.3 Å². The number of hydrogen-bond donors (Lipinski definition) is 2. The van der Waals surface area contributed by atoms with Crippen molar-refractivity contribution < 1.29 is 0 Å². The van der Waals surface area contributed by atoms with Gasteiger partial charge in [0.25, 0.3) is 0 Å². The van der Waals surface area contributed by atoms with Crippen molar-refractivity contribution in [1.82, 2.24) is 9.97 Å². The number of nitrogens with one attached hydrogen (secondary N) is 1. The molecule has 0 aromatic carbocycles. The van der Waals surface area contributed by atoms with Gasteiger partial charge in [0, 0.05) is 29.7 Å². The number of nitrogens with two attached hydrogens (primary N) is 1. The van der Waals surface area contributed by atoms with Crippen molar-refractivity contribution in [2.45, 2.75) is 25.5 Å². The van der Waals surface area contributed by atoms with Gasteiger partial charge >= 0.3 is 0 Å². The molecule has 0 radical (unpaired) electrons. The number of nitrogen functional groups attached to an aromatic ring is 1. The fourth-order valence-electron chi connectivity index (χ4n) is 2.14. The highest BCUT2D eigenvalue weighted by Crippen LogP contribution is 2.27. The maximum atomic E-state index is 5.49. The minimum absolute atomic E-state index is 0.651. The third kappa shape index (κ3) is 2.63. The van der Waals surface area contributed by atoms with Gasteiger partial charge in [-0.05, 0) is 6.42 Å². The van der Waals surface area contributed by atoms with Crippen LogP contribution in [0, 0.1) is 0 Å². The average Bonchev–Trinajstić information content (AvgIpc) is 2.37. The van der Waals surface area contributed by atoms with Gasteiger partial charge in [0.15, 0.2) is 0 Å². The van der Waals surface area contributed by atoms with E-state index in [1.807, 2.05) is 11.8 Å². The molecule has 0 bridgehead atoms. The standard InChI is InChI=1S/C11H19N5S/c1-3-9-10(15-12)13-7-14-11(9)16-4-5-17-8(2)6-16/h7-8H,3-6,12H2,1-2H3,(H,13,14,15). The maximum Gasteiger partial charge on any atom is 0.148 e. The van der Waals surface area contributed by atoms with Gasteiger partial charge in [-0.15, -0.1) is 0 Å². The van der Waals surface area contributed by atoms with Gasteiger partial charge in [-0.3, -0.25) is 0 Å². The van der Waals surface area contributed by atoms with Gasteiger partial charge in [0.2, 0.25) is 0 Å². The number of anilines is 2. The predicted octanol–water partition coefficient (Wildman–Crippen LogP) is 1.27. The van der Waals surface area contributed by atoms with Gasteiger partial charge in [-0.1, -0.05) is 13.8 Å². The zero-order valence-corrected chi connectivity index (χ0v) is 11.1. The zero-order chi connectivity index (χ0) is 12.3. The molecule has 5 nitrogen and oxygen atoms in total. The summed E-state index contributed by atoms with van der Waals surface area (Å²) in [5, 5.41) is 0.651. The second kappa shape index (κ2) is 5.55. The van der Waals surface area contributed by atoms with Crippen LogP contribution in [0.25, 0.3) is 0 Å². The Morgan fingerprint density at radius 1 is 1.59 bits per heavy atom. The summed E-state index contributed by atoms with van der Waals surface area (Å²) in [7, 11) is 0. The van der Waals surface area contributed by atoms with E-state index in [2.05, 4.69) is 34.1 Å². The lowest BCUT2D eigenvalue weighted by Gasteiger charge is -2.32. The normalized spacial score (nSPS) is 20.4. The van der Waals surface area contributed by atoms with Crippen molar-refractivity contribution >= 4 is 23.4 Å². The van der Waals surface area contributed by atoms with Crippen LogP contribution in [0.2, 0.25) is 0 Å². The Labute approximate surface area is 106 Å². The Morgan fingerprint density at radius 3 is 3.06 bits per heavy atom. The first kappa shape index (κ1) is 12.4. The molecule has 6 heteroatoms. The van der Waals surface area contributed by atoms with Crippen LogP contribution in [0.5, 0.6) is 0 Å². The zero-order valence-electron chi connectivity index (χ0n) is 10.3. The smallest absolute Gasteiger partial charge is 0.148 e. The highest BCUT2D eigenvalue weighted by atomic mass is 32.2. The minimum atomic E-state index is 0.651. The van der Waals surface area contributed by atoms with Crippen molar-refractivity contribution in [1.29, 1.82) is 0 Å². The largest absolute Gasteiger partial charge is 0.354 e. The number of thioether (sulfide) groups is 1. The summed E-state index contributed by atoms with van der Waals surface area (Å²) < 4.78 is 0. The van der Waals surface area contributed by atoms with Gasteiger partial charge in [0.1, 0.15) is 18.0 Å². The predicted molar refractivity (Wildman–Crippen MR) is 73.4 cm³/mol. The van der Waals surface area contributed by atoms with E-state index in [1.54, 1.807) is 6.33 Å². The molecule has 1 aliphatic rings. The van der Waals surface area contributed by atoms with Crippen molar-refractivity contribution in [2.24, 2.45) is 5.84 Å². The Morgan fingerprint density at radius 2 is 2.41 bits per heavy atom. The lowest BCUT2D eigenvalue weighted by atomic mass is 10.2. The van der Waals surface area contributed by atoms with Gasteiger partial charge in [-0.25, -0.2) is 15.8 Å². The molecular weight excluding hydrogens is 234 g/mol. The number of hydrazine groups is 1. The molecule has 1 fully saturated rings. The summed E-state index contributed by atoms with van der Waals surface area (Å²) in [4.78, 5) is 10.9. The van der Waals surface area contributed by atoms with Crippen LogP contribution < -0.4 is 16.2 Å². The van der Waals surface area contributed by atoms with Crippen LogP contribution in [0.4, 0.5) is 11.6 Å². The van der Waals surface area contributed by atoms with E-state index >= 15 is 0 Å². The van der Waals surface area contributed by atoms with Gasteiger partial charge in [0.05, 0.1) is 0 Å².